The Morgan fingerprint density at radius 3 is 2.03 bits per heavy atom. The van der Waals surface area contributed by atoms with E-state index in [1.165, 1.54) is 12.1 Å². The highest BCUT2D eigenvalue weighted by atomic mass is 32.2. The molecule has 0 saturated heterocycles. The number of benzene rings is 1. The minimum atomic E-state index is -4.37. The molecule has 1 amide bonds. The molecule has 1 aromatic carbocycles. The molecule has 5 atom stereocenters. The van der Waals surface area contributed by atoms with Crippen LogP contribution in [0.25, 0.3) is 0 Å². The maximum Gasteiger partial charge on any atom is 0.408 e. The predicted molar refractivity (Wildman–Crippen MR) is 124 cm³/mol. The third kappa shape index (κ3) is 4.29. The van der Waals surface area contributed by atoms with Gasteiger partial charge in [-0.25, -0.2) is 9.59 Å². The first kappa shape index (κ1) is 26.9. The summed E-state index contributed by atoms with van der Waals surface area (Å²) in [5.74, 6) is -5.95. The number of alkyl carbamates (subject to hydrolysis) is 1. The highest BCUT2D eigenvalue weighted by molar-refractivity contribution is 7.86. The van der Waals surface area contributed by atoms with E-state index in [1.54, 1.807) is 53.7 Å². The molecule has 1 aromatic rings. The van der Waals surface area contributed by atoms with Crippen molar-refractivity contribution in [2.24, 2.45) is 23.2 Å². The highest BCUT2D eigenvalue weighted by Crippen LogP contribution is 2.72. The molecule has 2 aliphatic carbocycles. The summed E-state index contributed by atoms with van der Waals surface area (Å²) in [6.45, 7) is 9.98. The van der Waals surface area contributed by atoms with Gasteiger partial charge in [0.25, 0.3) is 10.1 Å². The number of carbonyl (C=O) groups excluding carboxylic acids is 1. The maximum atomic E-state index is 13.2. The smallest absolute Gasteiger partial charge is 0.408 e. The van der Waals surface area contributed by atoms with Crippen LogP contribution in [0.4, 0.5) is 4.79 Å². The second kappa shape index (κ2) is 8.77. The molecule has 0 aliphatic heterocycles. The topological polar surface area (TPSA) is 156 Å². The number of fused-ring (bicyclic) bond motifs is 1. The summed E-state index contributed by atoms with van der Waals surface area (Å²) in [5, 5.41) is 22.8. The summed E-state index contributed by atoms with van der Waals surface area (Å²) >= 11 is 0. The molecule has 2 fully saturated rings. The van der Waals surface area contributed by atoms with Crippen molar-refractivity contribution in [1.29, 1.82) is 0 Å². The Bertz CT molecular complexity index is 1120. The molecule has 0 bridgehead atoms. The number of nitrogens with one attached hydrogen (secondary N) is 1. The van der Waals surface area contributed by atoms with Crippen molar-refractivity contribution in [3.05, 3.63) is 29.8 Å². The Morgan fingerprint density at radius 2 is 1.60 bits per heavy atom. The molecule has 0 aromatic heterocycles. The molecule has 194 valence electrons. The van der Waals surface area contributed by atoms with Gasteiger partial charge in [0, 0.05) is 17.3 Å². The number of aliphatic carboxylic acids is 2. The zero-order chi connectivity index (χ0) is 26.6. The van der Waals surface area contributed by atoms with Crippen LogP contribution in [0.15, 0.2) is 29.2 Å². The van der Waals surface area contributed by atoms with E-state index in [9.17, 15) is 33.0 Å². The third-order valence-corrected chi connectivity index (χ3v) is 8.69. The van der Waals surface area contributed by atoms with Gasteiger partial charge in [-0.2, -0.15) is 8.42 Å². The van der Waals surface area contributed by atoms with Gasteiger partial charge in [-0.3, -0.25) is 8.98 Å². The number of aryl methyl sites for hydroxylation is 1. The van der Waals surface area contributed by atoms with Gasteiger partial charge in [-0.05, 0) is 52.7 Å². The first-order chi connectivity index (χ1) is 16.1. The summed E-state index contributed by atoms with van der Waals surface area (Å²) in [4.78, 5) is 37.7. The average molecular weight is 512 g/mol. The largest absolute Gasteiger partial charge is 0.481 e. The van der Waals surface area contributed by atoms with Crippen molar-refractivity contribution in [2.45, 2.75) is 76.5 Å². The van der Waals surface area contributed by atoms with Gasteiger partial charge in [0.1, 0.15) is 5.60 Å². The van der Waals surface area contributed by atoms with Gasteiger partial charge in [-0.15, -0.1) is 0 Å². The van der Waals surface area contributed by atoms with E-state index < -0.39 is 68.6 Å². The third-order valence-electron chi connectivity index (χ3n) is 7.38. The molecule has 0 spiro atoms. The lowest BCUT2D eigenvalue weighted by molar-refractivity contribution is -0.158. The lowest BCUT2D eigenvalue weighted by Gasteiger charge is -2.48. The molecule has 2 aliphatic rings. The van der Waals surface area contributed by atoms with E-state index in [0.29, 0.717) is 0 Å². The summed E-state index contributed by atoms with van der Waals surface area (Å²) in [6.07, 6.45) is -2.10. The Kier molecular flexibility index (Phi) is 6.75. The number of carboxylic acids is 2. The number of carbonyl (C=O) groups is 3. The van der Waals surface area contributed by atoms with E-state index in [1.807, 2.05) is 0 Å². The average Bonchev–Trinajstić information content (AvgIpc) is 3.43. The van der Waals surface area contributed by atoms with Crippen molar-refractivity contribution < 1.29 is 41.9 Å². The van der Waals surface area contributed by atoms with Crippen LogP contribution in [0.5, 0.6) is 0 Å². The molecule has 0 radical (unpaired) electrons. The second-order valence-corrected chi connectivity index (χ2v) is 11.9. The summed E-state index contributed by atoms with van der Waals surface area (Å²) in [7, 11) is -4.37. The van der Waals surface area contributed by atoms with Crippen molar-refractivity contribution in [3.8, 4) is 0 Å². The number of ether oxygens (including phenoxy) is 1. The van der Waals surface area contributed by atoms with Crippen molar-refractivity contribution in [1.82, 2.24) is 5.32 Å². The molecular formula is C24H33NO9S. The van der Waals surface area contributed by atoms with Gasteiger partial charge in [0.15, 0.2) is 5.54 Å². The standard InChI is InChI=1S/C24H33NO9S/c1-7-23(8-2)18(34-35(31,32)14-11-9-13(3)10-12-14)15-16(19(26)27)17(15)24(23,20(28)29)25-21(30)33-22(4,5)6/h9-12,15-18H,7-8H2,1-6H3,(H,25,30)(H,26,27)(H,28,29)/t15-,16-,17+,18+,24-/m1/s1. The van der Waals surface area contributed by atoms with E-state index in [4.69, 9.17) is 8.92 Å². The molecule has 3 rings (SSSR count). The molecule has 2 saturated carbocycles. The monoisotopic (exact) mass is 511 g/mol. The zero-order valence-corrected chi connectivity index (χ0v) is 21.5. The number of carboxylic acid groups (broad SMARTS) is 2. The first-order valence-electron chi connectivity index (χ1n) is 11.5. The predicted octanol–water partition coefficient (Wildman–Crippen LogP) is 3.18. The van der Waals surface area contributed by atoms with Crippen LogP contribution >= 0.6 is 0 Å². The number of hydrogen-bond donors (Lipinski definition) is 3. The summed E-state index contributed by atoms with van der Waals surface area (Å²) < 4.78 is 37.5. The van der Waals surface area contributed by atoms with Crippen LogP contribution in [-0.2, 0) is 28.6 Å². The fourth-order valence-corrected chi connectivity index (χ4v) is 7.02. The number of rotatable bonds is 8. The van der Waals surface area contributed by atoms with Crippen molar-refractivity contribution >= 4 is 28.1 Å². The highest BCUT2D eigenvalue weighted by Gasteiger charge is 2.85. The number of amides is 1. The molecular weight excluding hydrogens is 478 g/mol. The molecule has 0 heterocycles. The van der Waals surface area contributed by atoms with Gasteiger partial charge in [-0.1, -0.05) is 31.5 Å². The molecule has 35 heavy (non-hydrogen) atoms. The lowest BCUT2D eigenvalue weighted by atomic mass is 9.62. The van der Waals surface area contributed by atoms with Crippen molar-refractivity contribution in [2.75, 3.05) is 0 Å². The molecule has 0 unspecified atom stereocenters. The zero-order valence-electron chi connectivity index (χ0n) is 20.7. The van der Waals surface area contributed by atoms with Crippen molar-refractivity contribution in [3.63, 3.8) is 0 Å². The van der Waals surface area contributed by atoms with Crippen LogP contribution in [0, 0.1) is 30.1 Å². The summed E-state index contributed by atoms with van der Waals surface area (Å²) in [6, 6.07) is 5.95. The van der Waals surface area contributed by atoms with Crippen LogP contribution < -0.4 is 5.32 Å². The Labute approximate surface area is 205 Å². The van der Waals surface area contributed by atoms with E-state index in [-0.39, 0.29) is 17.7 Å². The molecule has 11 heteroatoms. The molecule has 3 N–H and O–H groups in total. The normalized spacial score (nSPS) is 29.2. The lowest BCUT2D eigenvalue weighted by Crippen LogP contribution is -2.68. The fourth-order valence-electron chi connectivity index (χ4n) is 5.86. The van der Waals surface area contributed by atoms with Crippen LogP contribution in [0.1, 0.15) is 53.0 Å². The minimum absolute atomic E-state index is 0.110. The van der Waals surface area contributed by atoms with E-state index in [2.05, 4.69) is 5.32 Å². The number of hydrogen-bond acceptors (Lipinski definition) is 7. The Hall–Kier alpha value is -2.66. The second-order valence-electron chi connectivity index (χ2n) is 10.4. The van der Waals surface area contributed by atoms with Gasteiger partial charge in [0.2, 0.25) is 0 Å². The Morgan fingerprint density at radius 1 is 1.06 bits per heavy atom. The van der Waals surface area contributed by atoms with Gasteiger partial charge < -0.3 is 20.3 Å². The molecule has 10 nitrogen and oxygen atoms in total. The van der Waals surface area contributed by atoms with Gasteiger partial charge >= 0.3 is 18.0 Å². The Balaban J connectivity index is 2.14. The minimum Gasteiger partial charge on any atom is -0.481 e. The quantitative estimate of drug-likeness (QED) is 0.446. The maximum absolute atomic E-state index is 13.2. The van der Waals surface area contributed by atoms with Crippen LogP contribution in [0.3, 0.4) is 0 Å². The fraction of sp³-hybridized carbons (Fsp3) is 0.625. The SMILES string of the molecule is CCC1(CC)[C@@H](OS(=O)(=O)c2ccc(C)cc2)[C@@H]2[C@@H](C(=O)O)[C@H]2[C@@]1(NC(=O)OC(C)(C)C)C(=O)O. The summed E-state index contributed by atoms with van der Waals surface area (Å²) in [5.41, 5.74) is -3.64. The van der Waals surface area contributed by atoms with E-state index in [0.717, 1.165) is 5.56 Å². The van der Waals surface area contributed by atoms with Crippen LogP contribution in [0.2, 0.25) is 0 Å². The van der Waals surface area contributed by atoms with Crippen LogP contribution in [-0.4, -0.2) is 53.9 Å². The van der Waals surface area contributed by atoms with E-state index >= 15 is 0 Å². The first-order valence-corrected chi connectivity index (χ1v) is 13.0. The van der Waals surface area contributed by atoms with Gasteiger partial charge in [0.05, 0.1) is 16.9 Å².